The maximum absolute atomic E-state index is 12.7. The summed E-state index contributed by atoms with van der Waals surface area (Å²) in [5.74, 6) is 0.653. The summed E-state index contributed by atoms with van der Waals surface area (Å²) >= 11 is 0. The molecule has 0 aliphatic carbocycles. The van der Waals surface area contributed by atoms with Gasteiger partial charge in [-0.15, -0.1) is 6.58 Å². The lowest BCUT2D eigenvalue weighted by Crippen LogP contribution is -2.13. The van der Waals surface area contributed by atoms with Crippen LogP contribution in [0.25, 0.3) is 10.9 Å². The SMILES string of the molecule is C=CCn1ncc2c(NS(=O)(=O)c3ccc(C)cc3)ccc(OCC)c21. The van der Waals surface area contributed by atoms with Gasteiger partial charge in [-0.3, -0.25) is 9.40 Å². The van der Waals surface area contributed by atoms with Gasteiger partial charge in [-0.25, -0.2) is 8.42 Å². The molecule has 3 aromatic rings. The van der Waals surface area contributed by atoms with Crippen LogP contribution in [0, 0.1) is 6.92 Å². The second-order valence-electron chi connectivity index (χ2n) is 5.84. The van der Waals surface area contributed by atoms with E-state index in [-0.39, 0.29) is 4.90 Å². The lowest BCUT2D eigenvalue weighted by molar-refractivity contribution is 0.342. The van der Waals surface area contributed by atoms with Gasteiger partial charge < -0.3 is 4.74 Å². The Morgan fingerprint density at radius 3 is 2.62 bits per heavy atom. The third-order valence-electron chi connectivity index (χ3n) is 3.94. The second-order valence-corrected chi connectivity index (χ2v) is 7.52. The second kappa shape index (κ2) is 7.21. The molecular formula is C19H21N3O3S. The molecule has 0 saturated carbocycles. The number of rotatable bonds is 7. The largest absolute Gasteiger partial charge is 0.492 e. The van der Waals surface area contributed by atoms with Crippen LogP contribution in [0.5, 0.6) is 5.75 Å². The van der Waals surface area contributed by atoms with E-state index in [2.05, 4.69) is 16.4 Å². The third kappa shape index (κ3) is 3.43. The van der Waals surface area contributed by atoms with Crippen molar-refractivity contribution in [2.75, 3.05) is 11.3 Å². The van der Waals surface area contributed by atoms with Crippen molar-refractivity contribution in [3.8, 4) is 5.75 Å². The Bertz CT molecular complexity index is 1040. The van der Waals surface area contributed by atoms with Crippen molar-refractivity contribution in [1.82, 2.24) is 9.78 Å². The molecule has 0 saturated heterocycles. The molecule has 0 amide bonds. The molecule has 0 radical (unpaired) electrons. The Kier molecular flexibility index (Phi) is 4.99. The van der Waals surface area contributed by atoms with Crippen molar-refractivity contribution in [2.24, 2.45) is 0 Å². The predicted molar refractivity (Wildman–Crippen MR) is 103 cm³/mol. The molecule has 1 N–H and O–H groups in total. The lowest BCUT2D eigenvalue weighted by atomic mass is 10.2. The number of benzene rings is 2. The zero-order valence-electron chi connectivity index (χ0n) is 14.8. The summed E-state index contributed by atoms with van der Waals surface area (Å²) in [6.07, 6.45) is 3.36. The molecule has 26 heavy (non-hydrogen) atoms. The van der Waals surface area contributed by atoms with Gasteiger partial charge in [-0.05, 0) is 38.1 Å². The van der Waals surface area contributed by atoms with E-state index in [0.29, 0.717) is 30.0 Å². The highest BCUT2D eigenvalue weighted by Gasteiger charge is 2.18. The van der Waals surface area contributed by atoms with E-state index in [1.165, 1.54) is 0 Å². The summed E-state index contributed by atoms with van der Waals surface area (Å²) in [6.45, 7) is 8.54. The number of fused-ring (bicyclic) bond motifs is 1. The van der Waals surface area contributed by atoms with E-state index in [9.17, 15) is 8.42 Å². The Labute approximate surface area is 153 Å². The highest BCUT2D eigenvalue weighted by molar-refractivity contribution is 7.92. The molecule has 2 aromatic carbocycles. The first kappa shape index (κ1) is 18.0. The third-order valence-corrected chi connectivity index (χ3v) is 5.32. The van der Waals surface area contributed by atoms with Crippen molar-refractivity contribution in [3.63, 3.8) is 0 Å². The Morgan fingerprint density at radius 1 is 1.23 bits per heavy atom. The number of aryl methyl sites for hydroxylation is 1. The van der Waals surface area contributed by atoms with Gasteiger partial charge in [0, 0.05) is 5.39 Å². The van der Waals surface area contributed by atoms with Crippen molar-refractivity contribution < 1.29 is 13.2 Å². The molecule has 0 atom stereocenters. The van der Waals surface area contributed by atoms with Crippen LogP contribution in [0.1, 0.15) is 12.5 Å². The predicted octanol–water partition coefficient (Wildman–Crippen LogP) is 3.73. The first-order valence-electron chi connectivity index (χ1n) is 8.28. The summed E-state index contributed by atoms with van der Waals surface area (Å²) in [7, 11) is -3.70. The maximum atomic E-state index is 12.7. The number of ether oxygens (including phenoxy) is 1. The van der Waals surface area contributed by atoms with Crippen LogP contribution >= 0.6 is 0 Å². The highest BCUT2D eigenvalue weighted by Crippen LogP contribution is 2.33. The normalized spacial score (nSPS) is 11.5. The number of sulfonamides is 1. The Balaban J connectivity index is 2.07. The highest BCUT2D eigenvalue weighted by atomic mass is 32.2. The first-order chi connectivity index (χ1) is 12.5. The van der Waals surface area contributed by atoms with Crippen LogP contribution in [-0.2, 0) is 16.6 Å². The summed E-state index contributed by atoms with van der Waals surface area (Å²) in [6, 6.07) is 10.2. The molecule has 0 fully saturated rings. The molecule has 3 rings (SSSR count). The van der Waals surface area contributed by atoms with Gasteiger partial charge >= 0.3 is 0 Å². The minimum atomic E-state index is -3.70. The van der Waals surface area contributed by atoms with Crippen LogP contribution in [0.4, 0.5) is 5.69 Å². The van der Waals surface area contributed by atoms with Gasteiger partial charge in [0.15, 0.2) is 0 Å². The summed E-state index contributed by atoms with van der Waals surface area (Å²) in [4.78, 5) is 0.212. The zero-order valence-corrected chi connectivity index (χ0v) is 15.6. The van der Waals surface area contributed by atoms with Gasteiger partial charge in [0.25, 0.3) is 10.0 Å². The molecule has 1 aromatic heterocycles. The number of allylic oxidation sites excluding steroid dienone is 1. The van der Waals surface area contributed by atoms with E-state index in [4.69, 9.17) is 4.74 Å². The Morgan fingerprint density at radius 2 is 1.96 bits per heavy atom. The van der Waals surface area contributed by atoms with Gasteiger partial charge in [0.1, 0.15) is 11.3 Å². The van der Waals surface area contributed by atoms with E-state index < -0.39 is 10.0 Å². The molecule has 1 heterocycles. The van der Waals surface area contributed by atoms with Crippen molar-refractivity contribution in [1.29, 1.82) is 0 Å². The minimum Gasteiger partial charge on any atom is -0.492 e. The van der Waals surface area contributed by atoms with E-state index >= 15 is 0 Å². The van der Waals surface area contributed by atoms with E-state index in [0.717, 1.165) is 11.1 Å². The molecule has 0 aliphatic heterocycles. The fraction of sp³-hybridized carbons (Fsp3) is 0.211. The average Bonchev–Trinajstić information content (AvgIpc) is 3.02. The van der Waals surface area contributed by atoms with Crippen molar-refractivity contribution in [3.05, 3.63) is 60.8 Å². The molecule has 0 spiro atoms. The molecular weight excluding hydrogens is 350 g/mol. The molecule has 7 heteroatoms. The van der Waals surface area contributed by atoms with Crippen molar-refractivity contribution in [2.45, 2.75) is 25.3 Å². The number of aromatic nitrogens is 2. The van der Waals surface area contributed by atoms with E-state index in [1.54, 1.807) is 53.4 Å². The maximum Gasteiger partial charge on any atom is 0.261 e. The molecule has 6 nitrogen and oxygen atoms in total. The molecule has 0 bridgehead atoms. The standard InChI is InChI=1S/C19H21N3O3S/c1-4-12-22-19-16(13-20-22)17(10-11-18(19)25-5-2)21-26(23,24)15-8-6-14(3)7-9-15/h4,6-11,13,21H,1,5,12H2,2-3H3. The monoisotopic (exact) mass is 371 g/mol. The number of hydrogen-bond acceptors (Lipinski definition) is 4. The zero-order chi connectivity index (χ0) is 18.7. The smallest absolute Gasteiger partial charge is 0.261 e. The summed E-state index contributed by atoms with van der Waals surface area (Å²) < 4.78 is 35.5. The number of nitrogens with one attached hydrogen (secondary N) is 1. The van der Waals surface area contributed by atoms with Crippen molar-refractivity contribution >= 4 is 26.6 Å². The van der Waals surface area contributed by atoms with Crippen LogP contribution in [-0.4, -0.2) is 24.8 Å². The van der Waals surface area contributed by atoms with E-state index in [1.807, 2.05) is 13.8 Å². The molecule has 136 valence electrons. The number of anilines is 1. The minimum absolute atomic E-state index is 0.212. The Hall–Kier alpha value is -2.80. The lowest BCUT2D eigenvalue weighted by Gasteiger charge is -2.12. The first-order valence-corrected chi connectivity index (χ1v) is 9.76. The topological polar surface area (TPSA) is 73.2 Å². The van der Waals surface area contributed by atoms with Crippen LogP contribution < -0.4 is 9.46 Å². The average molecular weight is 371 g/mol. The quantitative estimate of drug-likeness (QED) is 0.642. The number of hydrogen-bond donors (Lipinski definition) is 1. The molecule has 0 unspecified atom stereocenters. The fourth-order valence-corrected chi connectivity index (χ4v) is 3.79. The van der Waals surface area contributed by atoms with Crippen LogP contribution in [0.2, 0.25) is 0 Å². The van der Waals surface area contributed by atoms with Gasteiger partial charge in [0.05, 0.1) is 29.9 Å². The van der Waals surface area contributed by atoms with Gasteiger partial charge in [-0.1, -0.05) is 23.8 Å². The molecule has 0 aliphatic rings. The van der Waals surface area contributed by atoms with Crippen LogP contribution in [0.3, 0.4) is 0 Å². The van der Waals surface area contributed by atoms with Gasteiger partial charge in [0.2, 0.25) is 0 Å². The van der Waals surface area contributed by atoms with Crippen LogP contribution in [0.15, 0.2) is 60.1 Å². The van der Waals surface area contributed by atoms with Gasteiger partial charge in [-0.2, -0.15) is 5.10 Å². The summed E-state index contributed by atoms with van der Waals surface area (Å²) in [5.41, 5.74) is 2.19. The summed E-state index contributed by atoms with van der Waals surface area (Å²) in [5, 5.41) is 5.01. The fourth-order valence-electron chi connectivity index (χ4n) is 2.71. The number of nitrogens with zero attached hydrogens (tertiary/aromatic N) is 2.